The molecule has 1 fully saturated rings. The van der Waals surface area contributed by atoms with Gasteiger partial charge in [-0.1, -0.05) is 30.7 Å². The van der Waals surface area contributed by atoms with E-state index >= 15 is 0 Å². The molecule has 1 aromatic rings. The van der Waals surface area contributed by atoms with Crippen molar-refractivity contribution < 1.29 is 9.53 Å². The summed E-state index contributed by atoms with van der Waals surface area (Å²) >= 11 is 5.93. The monoisotopic (exact) mass is 296 g/mol. The lowest BCUT2D eigenvalue weighted by Crippen LogP contribution is -2.40. The Morgan fingerprint density at radius 2 is 2.05 bits per heavy atom. The van der Waals surface area contributed by atoms with Gasteiger partial charge in [0.15, 0.2) is 0 Å². The van der Waals surface area contributed by atoms with Crippen LogP contribution in [0.5, 0.6) is 0 Å². The number of methoxy groups -OCH3 is 1. The van der Waals surface area contributed by atoms with Crippen LogP contribution >= 0.6 is 11.6 Å². The topological polar surface area (TPSA) is 41.6 Å². The highest BCUT2D eigenvalue weighted by Gasteiger charge is 2.40. The van der Waals surface area contributed by atoms with Gasteiger partial charge in [-0.25, -0.2) is 0 Å². The summed E-state index contributed by atoms with van der Waals surface area (Å²) in [5.41, 5.74) is 1.04. The number of nitrogens with zero attached hydrogens (tertiary/aromatic N) is 1. The van der Waals surface area contributed by atoms with Crippen LogP contribution in [0, 0.1) is 0 Å². The Bertz CT molecular complexity index is 463. The van der Waals surface area contributed by atoms with E-state index in [0.717, 1.165) is 12.0 Å². The van der Waals surface area contributed by atoms with Gasteiger partial charge in [0.05, 0.1) is 18.7 Å². The van der Waals surface area contributed by atoms with Crippen molar-refractivity contribution in [2.75, 3.05) is 13.7 Å². The van der Waals surface area contributed by atoms with Crippen LogP contribution in [0.4, 0.5) is 0 Å². The molecule has 1 amide bonds. The first kappa shape index (κ1) is 15.3. The Morgan fingerprint density at radius 1 is 1.40 bits per heavy atom. The highest BCUT2D eigenvalue weighted by atomic mass is 35.5. The summed E-state index contributed by atoms with van der Waals surface area (Å²) in [5.74, 6) is 0.136. The van der Waals surface area contributed by atoms with Crippen molar-refractivity contribution in [1.82, 2.24) is 10.2 Å². The van der Waals surface area contributed by atoms with Crippen LogP contribution < -0.4 is 5.32 Å². The van der Waals surface area contributed by atoms with E-state index in [1.54, 1.807) is 7.11 Å². The van der Waals surface area contributed by atoms with Crippen molar-refractivity contribution in [3.05, 3.63) is 34.9 Å². The molecule has 5 heteroatoms. The normalized spacial score (nSPS) is 24.2. The van der Waals surface area contributed by atoms with Crippen LogP contribution in [-0.2, 0) is 9.53 Å². The Morgan fingerprint density at radius 3 is 2.60 bits per heavy atom. The summed E-state index contributed by atoms with van der Waals surface area (Å²) in [7, 11) is 1.65. The average molecular weight is 297 g/mol. The van der Waals surface area contributed by atoms with E-state index in [9.17, 15) is 4.79 Å². The number of hydrogen-bond acceptors (Lipinski definition) is 3. The zero-order chi connectivity index (χ0) is 14.7. The van der Waals surface area contributed by atoms with Crippen LogP contribution in [0.15, 0.2) is 24.3 Å². The zero-order valence-corrected chi connectivity index (χ0v) is 12.9. The van der Waals surface area contributed by atoms with Gasteiger partial charge in [-0.3, -0.25) is 10.1 Å². The molecule has 1 saturated heterocycles. The maximum atomic E-state index is 12.5. The fourth-order valence-electron chi connectivity index (χ4n) is 2.64. The molecule has 1 N–H and O–H groups in total. The third-order valence-corrected chi connectivity index (χ3v) is 3.92. The van der Waals surface area contributed by atoms with Crippen LogP contribution in [0.25, 0.3) is 0 Å². The summed E-state index contributed by atoms with van der Waals surface area (Å²) in [5, 5.41) is 4.09. The van der Waals surface area contributed by atoms with Gasteiger partial charge >= 0.3 is 0 Å². The molecule has 1 aliphatic rings. The molecule has 110 valence electrons. The number of carbonyl (C=O) groups excluding carboxylic acids is 1. The van der Waals surface area contributed by atoms with E-state index in [-0.39, 0.29) is 24.2 Å². The van der Waals surface area contributed by atoms with E-state index < -0.39 is 0 Å². The van der Waals surface area contributed by atoms with Gasteiger partial charge in [-0.05, 0) is 31.0 Å². The number of hydrogen-bond donors (Lipinski definition) is 1. The lowest BCUT2D eigenvalue weighted by atomic mass is 10.1. The minimum atomic E-state index is -0.130. The van der Waals surface area contributed by atoms with Gasteiger partial charge in [-0.2, -0.15) is 0 Å². The third kappa shape index (κ3) is 2.97. The minimum Gasteiger partial charge on any atom is -0.383 e. The molecule has 1 aromatic carbocycles. The first-order chi connectivity index (χ1) is 9.58. The Balaban J connectivity index is 2.28. The Kier molecular flexibility index (Phi) is 5.02. The van der Waals surface area contributed by atoms with Gasteiger partial charge in [0, 0.05) is 12.1 Å². The van der Waals surface area contributed by atoms with E-state index in [1.165, 1.54) is 0 Å². The van der Waals surface area contributed by atoms with Gasteiger partial charge in [0.25, 0.3) is 0 Å². The van der Waals surface area contributed by atoms with E-state index in [0.29, 0.717) is 11.6 Å². The third-order valence-electron chi connectivity index (χ3n) is 3.67. The molecule has 2 rings (SSSR count). The number of rotatable bonds is 5. The molecular formula is C15H21ClN2O2. The van der Waals surface area contributed by atoms with Crippen molar-refractivity contribution in [3.63, 3.8) is 0 Å². The number of carbonyl (C=O) groups is 1. The predicted molar refractivity (Wildman–Crippen MR) is 79.6 cm³/mol. The summed E-state index contributed by atoms with van der Waals surface area (Å²) in [6.07, 6.45) is 0.661. The lowest BCUT2D eigenvalue weighted by Gasteiger charge is -2.30. The first-order valence-electron chi connectivity index (χ1n) is 6.91. The molecule has 1 aliphatic heterocycles. The first-order valence-corrected chi connectivity index (χ1v) is 7.29. The van der Waals surface area contributed by atoms with Gasteiger partial charge in [-0.15, -0.1) is 0 Å². The maximum Gasteiger partial charge on any atom is 0.241 e. The van der Waals surface area contributed by atoms with Gasteiger partial charge in [0.1, 0.15) is 6.17 Å². The summed E-state index contributed by atoms with van der Waals surface area (Å²) in [6.45, 7) is 4.54. The largest absolute Gasteiger partial charge is 0.383 e. The molecule has 0 radical (unpaired) electrons. The van der Waals surface area contributed by atoms with E-state index in [2.05, 4.69) is 5.32 Å². The van der Waals surface area contributed by atoms with Crippen LogP contribution in [0.2, 0.25) is 5.02 Å². The molecule has 0 aromatic heterocycles. The minimum absolute atomic E-state index is 0.0252. The van der Waals surface area contributed by atoms with Crippen molar-refractivity contribution in [2.24, 2.45) is 0 Å². The highest BCUT2D eigenvalue weighted by molar-refractivity contribution is 6.30. The second-order valence-corrected chi connectivity index (χ2v) is 5.57. The Labute approximate surface area is 125 Å². The smallest absolute Gasteiger partial charge is 0.241 e. The number of amides is 1. The van der Waals surface area contributed by atoms with Crippen molar-refractivity contribution in [3.8, 4) is 0 Å². The molecule has 0 saturated carbocycles. The van der Waals surface area contributed by atoms with Gasteiger partial charge in [0.2, 0.25) is 5.91 Å². The van der Waals surface area contributed by atoms with Gasteiger partial charge < -0.3 is 9.64 Å². The molecule has 0 spiro atoms. The van der Waals surface area contributed by atoms with Crippen LogP contribution in [0.3, 0.4) is 0 Å². The van der Waals surface area contributed by atoms with Crippen molar-refractivity contribution >= 4 is 17.5 Å². The second kappa shape index (κ2) is 6.57. The molecule has 0 bridgehead atoms. The number of ether oxygens (including phenoxy) is 1. The summed E-state index contributed by atoms with van der Waals surface area (Å²) in [4.78, 5) is 14.4. The molecule has 0 aliphatic carbocycles. The van der Waals surface area contributed by atoms with E-state index in [1.807, 2.05) is 43.0 Å². The molecule has 1 heterocycles. The Hall–Kier alpha value is -1.10. The molecule has 4 nitrogen and oxygen atoms in total. The highest BCUT2D eigenvalue weighted by Crippen LogP contribution is 2.29. The number of nitrogens with one attached hydrogen (secondary N) is 1. The predicted octanol–water partition coefficient (Wildman–Crippen LogP) is 2.58. The molecule has 3 unspecified atom stereocenters. The summed E-state index contributed by atoms with van der Waals surface area (Å²) < 4.78 is 5.19. The lowest BCUT2D eigenvalue weighted by molar-refractivity contribution is -0.133. The van der Waals surface area contributed by atoms with Crippen molar-refractivity contribution in [2.45, 2.75) is 38.5 Å². The standard InChI is InChI=1S/C15H21ClN2O2/c1-4-13-15(19)18(10(2)9-20-3)14(17-13)11-5-7-12(16)8-6-11/h5-8,10,13-14,17H,4,9H2,1-3H3. The quantitative estimate of drug-likeness (QED) is 0.908. The fourth-order valence-corrected chi connectivity index (χ4v) is 2.76. The molecule has 3 atom stereocenters. The fraction of sp³-hybridized carbons (Fsp3) is 0.533. The SMILES string of the molecule is CCC1NC(c2ccc(Cl)cc2)N(C(C)COC)C1=O. The molecule has 20 heavy (non-hydrogen) atoms. The number of benzene rings is 1. The summed E-state index contributed by atoms with van der Waals surface area (Å²) in [6, 6.07) is 7.51. The van der Waals surface area contributed by atoms with Crippen LogP contribution in [0.1, 0.15) is 32.0 Å². The second-order valence-electron chi connectivity index (χ2n) is 5.13. The zero-order valence-electron chi connectivity index (χ0n) is 12.1. The number of halogens is 1. The average Bonchev–Trinajstić information content (AvgIpc) is 2.77. The van der Waals surface area contributed by atoms with Crippen molar-refractivity contribution in [1.29, 1.82) is 0 Å². The van der Waals surface area contributed by atoms with Crippen LogP contribution in [-0.4, -0.2) is 36.6 Å². The van der Waals surface area contributed by atoms with E-state index in [4.69, 9.17) is 16.3 Å². The molecular weight excluding hydrogens is 276 g/mol. The maximum absolute atomic E-state index is 12.5.